The molecular weight excluding hydrogens is 1120 g/mol. The van der Waals surface area contributed by atoms with E-state index in [2.05, 4.69) is 99.0 Å². The summed E-state index contributed by atoms with van der Waals surface area (Å²) in [5.41, 5.74) is 0. The lowest BCUT2D eigenvalue weighted by Crippen LogP contribution is -2.47. The minimum atomic E-state index is -4.71. The number of rotatable bonds is 69. The number of phosphoric ester groups is 1. The normalized spacial score (nSPS) is 13.9. The van der Waals surface area contributed by atoms with Crippen molar-refractivity contribution in [1.82, 2.24) is 5.32 Å². The summed E-state index contributed by atoms with van der Waals surface area (Å²) in [6, 6.07) is -0.896. The summed E-state index contributed by atoms with van der Waals surface area (Å²) in [6.07, 6.45) is 91.3. The van der Waals surface area contributed by atoms with Gasteiger partial charge in [0.15, 0.2) is 0 Å². The van der Waals surface area contributed by atoms with Crippen LogP contribution in [0, 0.1) is 0 Å². The first-order chi connectivity index (χ1) is 43.4. The van der Waals surface area contributed by atoms with Gasteiger partial charge in [0.25, 0.3) is 7.82 Å². The Hall–Kier alpha value is -2.81. The van der Waals surface area contributed by atoms with Crippen LogP contribution in [0.15, 0.2) is 85.1 Å². The van der Waals surface area contributed by atoms with Crippen LogP contribution in [0.2, 0.25) is 0 Å². The molecule has 0 aliphatic rings. The quantitative estimate of drug-likeness (QED) is 0.0212. The van der Waals surface area contributed by atoms with Gasteiger partial charge < -0.3 is 28.5 Å². The number of carbonyl (C=O) groups is 2. The highest BCUT2D eigenvalue weighted by Gasteiger charge is 2.27. The van der Waals surface area contributed by atoms with Gasteiger partial charge in [-0.1, -0.05) is 318 Å². The molecule has 1 N–H and O–H groups in total. The molecule has 0 heterocycles. The van der Waals surface area contributed by atoms with Crippen LogP contribution in [0.5, 0.6) is 0 Å². The van der Waals surface area contributed by atoms with Gasteiger partial charge >= 0.3 is 5.97 Å². The Morgan fingerprint density at radius 1 is 0.393 bits per heavy atom. The molecule has 3 atom stereocenters. The third kappa shape index (κ3) is 69.4. The zero-order chi connectivity index (χ0) is 64.9. The Morgan fingerprint density at radius 3 is 1.04 bits per heavy atom. The number of quaternary nitrogens is 1. The molecule has 3 unspecified atom stereocenters. The molecule has 0 spiro atoms. The summed E-state index contributed by atoms with van der Waals surface area (Å²) in [6.45, 7) is 6.83. The van der Waals surface area contributed by atoms with Crippen LogP contribution in [0.4, 0.5) is 0 Å². The van der Waals surface area contributed by atoms with Crippen molar-refractivity contribution in [1.29, 1.82) is 0 Å². The van der Waals surface area contributed by atoms with Gasteiger partial charge in [0.05, 0.1) is 33.8 Å². The highest BCUT2D eigenvalue weighted by Crippen LogP contribution is 2.38. The van der Waals surface area contributed by atoms with Crippen LogP contribution in [0.25, 0.3) is 0 Å². The molecule has 0 rings (SSSR count). The van der Waals surface area contributed by atoms with Crippen LogP contribution in [-0.4, -0.2) is 69.4 Å². The molecule has 0 fully saturated rings. The van der Waals surface area contributed by atoms with Crippen molar-refractivity contribution in [2.24, 2.45) is 0 Å². The number of allylic oxidation sites excluding steroid dienone is 13. The fourth-order valence-corrected chi connectivity index (χ4v) is 11.7. The van der Waals surface area contributed by atoms with Gasteiger partial charge in [0.1, 0.15) is 19.3 Å². The van der Waals surface area contributed by atoms with E-state index in [9.17, 15) is 19.0 Å². The zero-order valence-corrected chi connectivity index (χ0v) is 60.3. The highest BCUT2D eigenvalue weighted by atomic mass is 31.2. The molecule has 0 bridgehead atoms. The molecule has 0 aromatic heterocycles. The van der Waals surface area contributed by atoms with Crippen LogP contribution in [0.3, 0.4) is 0 Å². The molecule has 89 heavy (non-hydrogen) atoms. The van der Waals surface area contributed by atoms with Crippen molar-refractivity contribution in [3.63, 3.8) is 0 Å². The SMILES string of the molecule is CCCCC/C=C\C/C=C\C/C=C\C/C=C\CCCCCCCCCCCC(=O)OC(/C=C/CCCCCCCCCCCCC)C(COP(=O)([O-])OCC[N+](C)(C)C)NC(=O)CCCCCCCCCCCCCCCCC/C=C\C/C=C\CCCCC. The second kappa shape index (κ2) is 68.1. The number of nitrogens with zero attached hydrogens (tertiary/aromatic N) is 1. The first kappa shape index (κ1) is 86.2. The molecule has 0 aliphatic heterocycles. The molecule has 518 valence electrons. The number of likely N-dealkylation sites (N-methyl/N-ethyl adjacent to an activating group) is 1. The van der Waals surface area contributed by atoms with Gasteiger partial charge in [-0.05, 0) is 109 Å². The first-order valence-corrected chi connectivity index (χ1v) is 39.4. The number of hydrogen-bond donors (Lipinski definition) is 1. The molecule has 0 saturated heterocycles. The number of ether oxygens (including phenoxy) is 1. The minimum Gasteiger partial charge on any atom is -0.756 e. The standard InChI is InChI=1S/C79H145N2O7P/c1-7-10-13-16-19-22-25-28-30-32-34-36-38-40-42-44-46-48-50-53-56-59-62-65-68-71-78(82)80-76(75-87-89(84,85)86-74-73-81(4,5)6)77(70-67-64-61-58-55-52-27-24-21-18-15-12-9-3)88-79(83)72-69-66-63-60-57-54-51-49-47-45-43-41-39-37-35-33-31-29-26-23-20-17-14-11-8-2/h19-20,22-23,28-31,35,37,41,43,67,70,76-77H,7-18,21,24-27,32-34,36,38-40,42,44-66,68-69,71-75H2,1-6H3,(H-,80,82,84,85)/b22-19-,23-20-,30-28-,31-29-,37-35-,43-41-,70-67+. The maximum absolute atomic E-state index is 13.6. The summed E-state index contributed by atoms with van der Waals surface area (Å²) in [4.78, 5) is 40.3. The molecular formula is C79H145N2O7P. The van der Waals surface area contributed by atoms with E-state index in [1.54, 1.807) is 0 Å². The van der Waals surface area contributed by atoms with E-state index in [0.29, 0.717) is 17.4 Å². The Balaban J connectivity index is 5.04. The molecule has 0 radical (unpaired) electrons. The second-order valence-electron chi connectivity index (χ2n) is 26.8. The fourth-order valence-electron chi connectivity index (χ4n) is 11.0. The van der Waals surface area contributed by atoms with Gasteiger partial charge in [0.2, 0.25) is 5.91 Å². The van der Waals surface area contributed by atoms with E-state index >= 15 is 0 Å². The van der Waals surface area contributed by atoms with E-state index in [1.165, 1.54) is 225 Å². The van der Waals surface area contributed by atoms with E-state index in [4.69, 9.17) is 13.8 Å². The maximum Gasteiger partial charge on any atom is 0.306 e. The number of unbranched alkanes of at least 4 members (excludes halogenated alkanes) is 41. The Bertz CT molecular complexity index is 1800. The van der Waals surface area contributed by atoms with Gasteiger partial charge in [0, 0.05) is 12.8 Å². The Kier molecular flexibility index (Phi) is 65.9. The number of nitrogens with one attached hydrogen (secondary N) is 1. The van der Waals surface area contributed by atoms with Crippen molar-refractivity contribution >= 4 is 19.7 Å². The number of phosphoric acid groups is 1. The summed E-state index contributed by atoms with van der Waals surface area (Å²) < 4.78 is 30.5. The van der Waals surface area contributed by atoms with Crippen LogP contribution in [-0.2, 0) is 27.9 Å². The van der Waals surface area contributed by atoms with Crippen LogP contribution in [0.1, 0.15) is 355 Å². The molecule has 9 nitrogen and oxygen atoms in total. The van der Waals surface area contributed by atoms with Gasteiger partial charge in [-0.25, -0.2) is 0 Å². The van der Waals surface area contributed by atoms with Crippen molar-refractivity contribution in [2.75, 3.05) is 40.9 Å². The van der Waals surface area contributed by atoms with Gasteiger partial charge in [-0.15, -0.1) is 0 Å². The number of esters is 1. The fraction of sp³-hybridized carbons (Fsp3) is 0.797. The number of amides is 1. The lowest BCUT2D eigenvalue weighted by molar-refractivity contribution is -0.870. The Morgan fingerprint density at radius 2 is 0.685 bits per heavy atom. The summed E-state index contributed by atoms with van der Waals surface area (Å²) in [7, 11) is 1.19. The molecule has 0 aromatic carbocycles. The van der Waals surface area contributed by atoms with Crippen LogP contribution >= 0.6 is 7.82 Å². The average molecular weight is 1270 g/mol. The second-order valence-corrected chi connectivity index (χ2v) is 28.2. The molecule has 1 amide bonds. The third-order valence-electron chi connectivity index (χ3n) is 16.8. The maximum atomic E-state index is 13.6. The van der Waals surface area contributed by atoms with E-state index in [0.717, 1.165) is 96.3 Å². The minimum absolute atomic E-state index is 0.0249. The predicted octanol–water partition coefficient (Wildman–Crippen LogP) is 23.8. The first-order valence-electron chi connectivity index (χ1n) is 37.9. The smallest absolute Gasteiger partial charge is 0.306 e. The van der Waals surface area contributed by atoms with Crippen LogP contribution < -0.4 is 10.2 Å². The van der Waals surface area contributed by atoms with E-state index in [1.807, 2.05) is 33.3 Å². The van der Waals surface area contributed by atoms with Crippen molar-refractivity contribution in [3.8, 4) is 0 Å². The summed E-state index contributed by atoms with van der Waals surface area (Å²) in [5, 5.41) is 3.05. The lowest BCUT2D eigenvalue weighted by atomic mass is 10.0. The third-order valence-corrected chi connectivity index (χ3v) is 17.8. The van der Waals surface area contributed by atoms with Gasteiger partial charge in [-0.3, -0.25) is 14.2 Å². The topological polar surface area (TPSA) is 114 Å². The van der Waals surface area contributed by atoms with Crippen molar-refractivity contribution in [2.45, 2.75) is 367 Å². The molecule has 10 heteroatoms. The molecule has 0 aliphatic carbocycles. The van der Waals surface area contributed by atoms with Crippen molar-refractivity contribution < 1.29 is 37.3 Å². The largest absolute Gasteiger partial charge is 0.756 e. The number of carbonyl (C=O) groups excluding carboxylic acids is 2. The van der Waals surface area contributed by atoms with Gasteiger partial charge in [-0.2, -0.15) is 0 Å². The predicted molar refractivity (Wildman–Crippen MR) is 385 cm³/mol. The lowest BCUT2D eigenvalue weighted by Gasteiger charge is -2.30. The monoisotopic (exact) mass is 1270 g/mol. The zero-order valence-electron chi connectivity index (χ0n) is 59.4. The van der Waals surface area contributed by atoms with Crippen molar-refractivity contribution in [3.05, 3.63) is 85.1 Å². The summed E-state index contributed by atoms with van der Waals surface area (Å²) >= 11 is 0. The highest BCUT2D eigenvalue weighted by molar-refractivity contribution is 7.45. The van der Waals surface area contributed by atoms with E-state index < -0.39 is 26.6 Å². The Labute approximate surface area is 552 Å². The average Bonchev–Trinajstić information content (AvgIpc) is 3.54. The summed E-state index contributed by atoms with van der Waals surface area (Å²) in [5.74, 6) is -0.537. The number of hydrogen-bond acceptors (Lipinski definition) is 7. The molecule has 0 aromatic rings. The van der Waals surface area contributed by atoms with E-state index in [-0.39, 0.29) is 24.9 Å². The molecule has 0 saturated carbocycles.